The monoisotopic (exact) mass is 105 g/mol. The van der Waals surface area contributed by atoms with E-state index in [2.05, 4.69) is 0 Å². The Labute approximate surface area is 40.6 Å². The molecule has 0 bridgehead atoms. The number of hydrogen-bond acceptors (Lipinski definition) is 2. The Morgan fingerprint density at radius 1 is 1.83 bits per heavy atom. The SMILES string of the molecule is NC=C(Cl)C=O. The van der Waals surface area contributed by atoms with Crippen molar-refractivity contribution in [2.75, 3.05) is 0 Å². The molecule has 2 nitrogen and oxygen atoms in total. The zero-order valence-corrected chi connectivity index (χ0v) is 3.77. The van der Waals surface area contributed by atoms with Gasteiger partial charge in [-0.2, -0.15) is 0 Å². The van der Waals surface area contributed by atoms with Gasteiger partial charge in [0.2, 0.25) is 0 Å². The fourth-order valence-corrected chi connectivity index (χ4v) is 0.0393. The maximum atomic E-state index is 9.46. The predicted octanol–water partition coefficient (Wildman–Crippen LogP) is 0.224. The number of aldehydes is 1. The number of allylic oxidation sites excluding steroid dienone is 1. The maximum Gasteiger partial charge on any atom is 0.162 e. The Bertz CT molecular complexity index is 78.9. The van der Waals surface area contributed by atoms with E-state index in [4.69, 9.17) is 17.3 Å². The lowest BCUT2D eigenvalue weighted by atomic mass is 10.7. The molecule has 0 heterocycles. The second-order valence-electron chi connectivity index (χ2n) is 0.669. The first-order valence-corrected chi connectivity index (χ1v) is 1.71. The molecule has 6 heavy (non-hydrogen) atoms. The van der Waals surface area contributed by atoms with Crippen LogP contribution in [0.1, 0.15) is 0 Å². The van der Waals surface area contributed by atoms with Crippen LogP contribution >= 0.6 is 11.6 Å². The van der Waals surface area contributed by atoms with E-state index < -0.39 is 0 Å². The van der Waals surface area contributed by atoms with Crippen LogP contribution in [0.4, 0.5) is 0 Å². The molecule has 0 aliphatic heterocycles. The van der Waals surface area contributed by atoms with E-state index in [1.165, 1.54) is 0 Å². The van der Waals surface area contributed by atoms with Crippen molar-refractivity contribution in [3.8, 4) is 0 Å². The molecule has 0 saturated heterocycles. The molecule has 0 saturated carbocycles. The van der Waals surface area contributed by atoms with Crippen molar-refractivity contribution >= 4 is 17.9 Å². The third-order valence-corrected chi connectivity index (χ3v) is 0.487. The van der Waals surface area contributed by atoms with Crippen LogP contribution in [0.3, 0.4) is 0 Å². The van der Waals surface area contributed by atoms with Gasteiger partial charge in [0, 0.05) is 6.20 Å². The van der Waals surface area contributed by atoms with Crippen LogP contribution in [0, 0.1) is 0 Å². The van der Waals surface area contributed by atoms with Crippen molar-refractivity contribution in [2.45, 2.75) is 0 Å². The summed E-state index contributed by atoms with van der Waals surface area (Å²) >= 11 is 5.02. The second-order valence-corrected chi connectivity index (χ2v) is 1.11. The Balaban J connectivity index is 3.50. The van der Waals surface area contributed by atoms with E-state index in [9.17, 15) is 4.79 Å². The molecule has 0 radical (unpaired) electrons. The minimum absolute atomic E-state index is 0.0370. The number of hydrogen-bond donors (Lipinski definition) is 1. The van der Waals surface area contributed by atoms with Gasteiger partial charge in [0.15, 0.2) is 6.29 Å². The molecule has 0 atom stereocenters. The van der Waals surface area contributed by atoms with Gasteiger partial charge in [0.05, 0.1) is 5.03 Å². The number of carbonyl (C=O) groups is 1. The summed E-state index contributed by atoms with van der Waals surface area (Å²) in [6, 6.07) is 0. The van der Waals surface area contributed by atoms with E-state index in [0.29, 0.717) is 6.29 Å². The number of halogens is 1. The summed E-state index contributed by atoms with van der Waals surface area (Å²) < 4.78 is 0. The number of nitrogens with two attached hydrogens (primary N) is 1. The molecule has 0 aromatic heterocycles. The Morgan fingerprint density at radius 2 is 2.33 bits per heavy atom. The summed E-state index contributed by atoms with van der Waals surface area (Å²) in [6.07, 6.45) is 1.51. The van der Waals surface area contributed by atoms with Gasteiger partial charge in [-0.1, -0.05) is 11.6 Å². The summed E-state index contributed by atoms with van der Waals surface area (Å²) in [7, 11) is 0. The Morgan fingerprint density at radius 3 is 2.33 bits per heavy atom. The van der Waals surface area contributed by atoms with Gasteiger partial charge in [0.25, 0.3) is 0 Å². The lowest BCUT2D eigenvalue weighted by Crippen LogP contribution is -1.80. The van der Waals surface area contributed by atoms with Crippen molar-refractivity contribution in [1.29, 1.82) is 0 Å². The largest absolute Gasteiger partial charge is 0.403 e. The second kappa shape index (κ2) is 2.72. The van der Waals surface area contributed by atoms with Crippen molar-refractivity contribution in [2.24, 2.45) is 5.73 Å². The standard InChI is InChI=1S/C3H4ClNO/c4-3(1-5)2-6/h1-2H,5H2. The third-order valence-electron chi connectivity index (χ3n) is 0.272. The zero-order valence-electron chi connectivity index (χ0n) is 3.02. The van der Waals surface area contributed by atoms with Crippen LogP contribution in [0.25, 0.3) is 0 Å². The maximum absolute atomic E-state index is 9.46. The van der Waals surface area contributed by atoms with Gasteiger partial charge in [-0.05, 0) is 0 Å². The average Bonchev–Trinajstić information content (AvgIpc) is 1.65. The highest BCUT2D eigenvalue weighted by Gasteiger charge is 1.77. The van der Waals surface area contributed by atoms with Gasteiger partial charge in [-0.25, -0.2) is 0 Å². The first-order chi connectivity index (χ1) is 2.81. The highest BCUT2D eigenvalue weighted by molar-refractivity contribution is 6.38. The van der Waals surface area contributed by atoms with E-state index >= 15 is 0 Å². The van der Waals surface area contributed by atoms with Gasteiger partial charge in [-0.3, -0.25) is 4.79 Å². The molecule has 0 fully saturated rings. The highest BCUT2D eigenvalue weighted by Crippen LogP contribution is 1.88. The quantitative estimate of drug-likeness (QED) is 0.383. The molecule has 0 amide bonds. The lowest BCUT2D eigenvalue weighted by Gasteiger charge is -1.70. The minimum Gasteiger partial charge on any atom is -0.403 e. The van der Waals surface area contributed by atoms with E-state index in [-0.39, 0.29) is 5.03 Å². The molecule has 0 aliphatic carbocycles. The molecule has 0 spiro atoms. The van der Waals surface area contributed by atoms with Crippen LogP contribution in [0.2, 0.25) is 0 Å². The van der Waals surface area contributed by atoms with Gasteiger partial charge in [-0.15, -0.1) is 0 Å². The zero-order chi connectivity index (χ0) is 4.99. The molecule has 0 unspecified atom stereocenters. The molecular weight excluding hydrogens is 101 g/mol. The molecule has 2 N–H and O–H groups in total. The molecule has 34 valence electrons. The third kappa shape index (κ3) is 1.79. The fraction of sp³-hybridized carbons (Fsp3) is 0. The van der Waals surface area contributed by atoms with Crippen molar-refractivity contribution in [3.63, 3.8) is 0 Å². The van der Waals surface area contributed by atoms with E-state index in [0.717, 1.165) is 6.20 Å². The molecule has 0 aliphatic rings. The number of carbonyl (C=O) groups excluding carboxylic acids is 1. The number of rotatable bonds is 1. The van der Waals surface area contributed by atoms with Crippen LogP contribution in [-0.2, 0) is 4.79 Å². The Hall–Kier alpha value is -0.500. The first-order valence-electron chi connectivity index (χ1n) is 1.34. The molecule has 3 heteroatoms. The van der Waals surface area contributed by atoms with Gasteiger partial charge < -0.3 is 5.73 Å². The summed E-state index contributed by atoms with van der Waals surface area (Å²) in [5.74, 6) is 0. The minimum atomic E-state index is 0.0370. The van der Waals surface area contributed by atoms with Gasteiger partial charge >= 0.3 is 0 Å². The van der Waals surface area contributed by atoms with Crippen LogP contribution in [0.15, 0.2) is 11.2 Å². The van der Waals surface area contributed by atoms with Crippen molar-refractivity contribution in [3.05, 3.63) is 11.2 Å². The Kier molecular flexibility index (Phi) is 2.50. The van der Waals surface area contributed by atoms with Gasteiger partial charge in [0.1, 0.15) is 0 Å². The van der Waals surface area contributed by atoms with Crippen LogP contribution in [-0.4, -0.2) is 6.29 Å². The molecular formula is C3H4ClNO. The highest BCUT2D eigenvalue weighted by atomic mass is 35.5. The smallest absolute Gasteiger partial charge is 0.162 e. The predicted molar refractivity (Wildman–Crippen MR) is 24.2 cm³/mol. The van der Waals surface area contributed by atoms with Crippen LogP contribution < -0.4 is 5.73 Å². The van der Waals surface area contributed by atoms with E-state index in [1.54, 1.807) is 0 Å². The fourth-order valence-electron chi connectivity index (χ4n) is 0.0393. The summed E-state index contributed by atoms with van der Waals surface area (Å²) in [6.45, 7) is 0. The first kappa shape index (κ1) is 5.50. The normalized spacial score (nSPS) is 11.2. The topological polar surface area (TPSA) is 43.1 Å². The summed E-state index contributed by atoms with van der Waals surface area (Å²) in [5, 5.41) is 0.0370. The van der Waals surface area contributed by atoms with Crippen molar-refractivity contribution in [1.82, 2.24) is 0 Å². The summed E-state index contributed by atoms with van der Waals surface area (Å²) in [5.41, 5.74) is 4.76. The molecule has 0 aromatic rings. The van der Waals surface area contributed by atoms with Crippen molar-refractivity contribution < 1.29 is 4.79 Å². The lowest BCUT2D eigenvalue weighted by molar-refractivity contribution is -0.104. The molecule has 0 aromatic carbocycles. The summed E-state index contributed by atoms with van der Waals surface area (Å²) in [4.78, 5) is 9.46. The molecule has 0 rings (SSSR count). The van der Waals surface area contributed by atoms with Crippen LogP contribution in [0.5, 0.6) is 0 Å². The van der Waals surface area contributed by atoms with E-state index in [1.807, 2.05) is 0 Å². The average molecular weight is 106 g/mol.